The number of allylic oxidation sites excluding steroid dienone is 8. The van der Waals surface area contributed by atoms with Crippen LogP contribution in [0.15, 0.2) is 156 Å². The molecule has 21 heteroatoms. The van der Waals surface area contributed by atoms with E-state index in [1.807, 2.05) is 48.6 Å². The summed E-state index contributed by atoms with van der Waals surface area (Å²) in [5, 5.41) is 30.4. The summed E-state index contributed by atoms with van der Waals surface area (Å²) in [5.41, 5.74) is 23.3. The molecule has 92 heavy (non-hydrogen) atoms. The fraction of sp³-hybridized carbons (Fsp3) is 0.380. The zero-order valence-corrected chi connectivity index (χ0v) is 53.0. The number of rotatable bonds is 10. The van der Waals surface area contributed by atoms with Gasteiger partial charge in [-0.3, -0.25) is 43.3 Å². The molecule has 3 heterocycles. The van der Waals surface area contributed by atoms with E-state index >= 15 is 0 Å². The molecular formula is C71H87N12O9+. The minimum Gasteiger partial charge on any atom is -0.481 e. The Morgan fingerprint density at radius 3 is 2.02 bits per heavy atom. The third-order valence-electron chi connectivity index (χ3n) is 17.9. The zero-order valence-electron chi connectivity index (χ0n) is 53.0. The maximum Gasteiger partial charge on any atom is 0.305 e. The van der Waals surface area contributed by atoms with Gasteiger partial charge in [0, 0.05) is 73.9 Å². The molecule has 8 rings (SSSR count). The molecule has 0 fully saturated rings. The van der Waals surface area contributed by atoms with Crippen LogP contribution in [0.3, 0.4) is 0 Å². The van der Waals surface area contributed by atoms with E-state index in [9.17, 15) is 43.5 Å². The summed E-state index contributed by atoms with van der Waals surface area (Å²) in [4.78, 5) is 115. The summed E-state index contributed by atoms with van der Waals surface area (Å²) >= 11 is 0. The first-order valence-electron chi connectivity index (χ1n) is 31.7. The number of nitrogens with zero attached hydrogens (tertiary/aromatic N) is 3. The lowest BCUT2D eigenvalue weighted by Gasteiger charge is -2.32. The molecule has 2 unspecified atom stereocenters. The Balaban J connectivity index is 1.08. The van der Waals surface area contributed by atoms with Crippen molar-refractivity contribution in [2.75, 3.05) is 38.6 Å². The van der Waals surface area contributed by atoms with Crippen LogP contribution in [0.5, 0.6) is 0 Å². The van der Waals surface area contributed by atoms with Crippen molar-refractivity contribution in [3.8, 4) is 0 Å². The molecule has 0 saturated carbocycles. The normalized spacial score (nSPS) is 24.6. The average molecular weight is 1250 g/mol. The molecule has 0 bridgehead atoms. The van der Waals surface area contributed by atoms with Gasteiger partial charge in [-0.25, -0.2) is 0 Å². The summed E-state index contributed by atoms with van der Waals surface area (Å²) in [7, 11) is 4.15. The topological polar surface area (TPSA) is 326 Å². The smallest absolute Gasteiger partial charge is 0.305 e. The minimum atomic E-state index is -1.73. The van der Waals surface area contributed by atoms with Crippen LogP contribution in [0.25, 0.3) is 21.5 Å². The quantitative estimate of drug-likeness (QED) is 0.0320. The minimum absolute atomic E-state index is 0.0459. The fourth-order valence-corrected chi connectivity index (χ4v) is 13.3. The molecule has 5 aromatic carbocycles. The molecule has 7 amide bonds. The van der Waals surface area contributed by atoms with E-state index in [-0.39, 0.29) is 56.9 Å². The number of carboxylic acid groups (broad SMARTS) is 1. The van der Waals surface area contributed by atoms with Crippen LogP contribution in [0.4, 0.5) is 11.4 Å². The first kappa shape index (κ1) is 68.0. The Morgan fingerprint density at radius 1 is 0.674 bits per heavy atom. The number of nitrogens with one attached hydrogen (secondary N) is 6. The van der Waals surface area contributed by atoms with Gasteiger partial charge in [-0.2, -0.15) is 4.58 Å². The van der Waals surface area contributed by atoms with Crippen molar-refractivity contribution in [2.24, 2.45) is 22.2 Å². The average Bonchev–Trinajstić information content (AvgIpc) is 1.57. The molecule has 0 spiro atoms. The van der Waals surface area contributed by atoms with Crippen LogP contribution in [0.2, 0.25) is 0 Å². The van der Waals surface area contributed by atoms with Crippen molar-refractivity contribution in [1.82, 2.24) is 31.9 Å². The van der Waals surface area contributed by atoms with E-state index < -0.39 is 89.4 Å². The van der Waals surface area contributed by atoms with Crippen molar-refractivity contribution in [3.63, 3.8) is 0 Å². The van der Waals surface area contributed by atoms with Crippen LogP contribution in [0, 0.1) is 0 Å². The number of likely N-dealkylation sites (N-methyl/N-ethyl adjacent to an activating group) is 1. The predicted molar refractivity (Wildman–Crippen MR) is 359 cm³/mol. The highest BCUT2D eigenvalue weighted by atomic mass is 16.4. The molecule has 484 valence electrons. The van der Waals surface area contributed by atoms with Crippen molar-refractivity contribution in [2.45, 2.75) is 139 Å². The van der Waals surface area contributed by atoms with E-state index in [0.717, 1.165) is 44.3 Å². The van der Waals surface area contributed by atoms with E-state index in [1.165, 1.54) is 11.1 Å². The molecule has 21 nitrogen and oxygen atoms in total. The largest absolute Gasteiger partial charge is 0.481 e. The number of carbonyl (C=O) groups is 8. The maximum atomic E-state index is 14.1. The third-order valence-corrected chi connectivity index (χ3v) is 17.9. The lowest BCUT2D eigenvalue weighted by Crippen LogP contribution is -2.58. The third kappa shape index (κ3) is 16.7. The molecule has 3 aliphatic heterocycles. The van der Waals surface area contributed by atoms with Gasteiger partial charge in [-0.05, 0) is 122 Å². The number of hydrogen-bond acceptors (Lipinski definition) is 10. The molecule has 5 aromatic rings. The van der Waals surface area contributed by atoms with Crippen molar-refractivity contribution < 1.29 is 48.0 Å². The number of carboxylic acids is 1. The molecular weight excluding hydrogens is 1160 g/mol. The first-order valence-corrected chi connectivity index (χ1v) is 31.7. The van der Waals surface area contributed by atoms with Crippen LogP contribution in [-0.4, -0.2) is 127 Å². The lowest BCUT2D eigenvalue weighted by molar-refractivity contribution is -0.401. The van der Waals surface area contributed by atoms with Gasteiger partial charge in [-0.15, -0.1) is 0 Å². The molecule has 0 radical (unpaired) electrons. The first-order chi connectivity index (χ1) is 44.2. The molecule has 0 aromatic heterocycles. The second-order valence-corrected chi connectivity index (χ2v) is 24.1. The van der Waals surface area contributed by atoms with Crippen molar-refractivity contribution in [3.05, 3.63) is 168 Å². The highest BCUT2D eigenvalue weighted by Crippen LogP contribution is 2.55. The summed E-state index contributed by atoms with van der Waals surface area (Å²) in [6.45, 7) is 4.12. The van der Waals surface area contributed by atoms with Crippen LogP contribution >= 0.6 is 0 Å². The van der Waals surface area contributed by atoms with Crippen molar-refractivity contribution in [1.29, 1.82) is 0 Å². The van der Waals surface area contributed by atoms with Gasteiger partial charge in [0.05, 0.1) is 18.4 Å². The summed E-state index contributed by atoms with van der Waals surface area (Å²) in [6.07, 6.45) is 18.0. The van der Waals surface area contributed by atoms with Crippen LogP contribution in [-0.2, 0) is 55.6 Å². The molecule has 3 aliphatic rings. The Hall–Kier alpha value is -9.92. The Morgan fingerprint density at radius 2 is 1.32 bits per heavy atom. The summed E-state index contributed by atoms with van der Waals surface area (Å²) < 4.78 is 2.24. The zero-order chi connectivity index (χ0) is 66.0. The summed E-state index contributed by atoms with van der Waals surface area (Å²) in [6, 6.07) is 28.4. The maximum absolute atomic E-state index is 14.1. The number of aliphatic carboxylic acids is 1. The van der Waals surface area contributed by atoms with E-state index in [2.05, 4.69) is 141 Å². The number of hydrogen-bond donors (Lipinski definition) is 10. The SMILES string of the molecule is CCC12CCCC(=O)N[C@@H](CCCN=C(N)N)C(=O)NCC(=O)N[C@@H](CC(=O)O)C(=O)N[C@H](Cc3ccccc3)C(=O)N[C@H](C(N)=O)CCCCNC(=O)CCCC3(C)C(=[N+](C)c4ccc5ccccc5c43)\C=C/C=C/C=C/C=C/1N(C)c1ccc3ccccc3c12. The highest BCUT2D eigenvalue weighted by Gasteiger charge is 2.48. The number of anilines is 1. The predicted octanol–water partition coefficient (Wildman–Crippen LogP) is 6.28. The number of guanidine groups is 1. The second-order valence-electron chi connectivity index (χ2n) is 24.1. The van der Waals surface area contributed by atoms with Gasteiger partial charge >= 0.3 is 5.97 Å². The molecule has 0 aliphatic carbocycles. The van der Waals surface area contributed by atoms with Gasteiger partial charge in [0.1, 0.15) is 31.2 Å². The van der Waals surface area contributed by atoms with E-state index in [4.69, 9.17) is 17.2 Å². The number of fused-ring (bicyclic) bond motifs is 10. The number of amides is 7. The Labute approximate surface area is 537 Å². The number of primary amides is 1. The van der Waals surface area contributed by atoms with Crippen LogP contribution in [0.1, 0.15) is 114 Å². The van der Waals surface area contributed by atoms with Crippen molar-refractivity contribution >= 4 is 91.9 Å². The van der Waals surface area contributed by atoms with Gasteiger partial charge in [-0.1, -0.05) is 122 Å². The fourth-order valence-electron chi connectivity index (χ4n) is 13.3. The van der Waals surface area contributed by atoms with Crippen LogP contribution < -0.4 is 54.0 Å². The molecule has 13 N–H and O–H groups in total. The standard InChI is InChI=1S/C71H86N12O9/c1-5-71-40-21-34-60(85)78-52(30-22-42-76-69(73)74)66(90)77-45-61(86)79-54(44-62(87)88)68(92)81-53(43-46-23-10-9-11-24-46)67(91)80-51(65(72)89)29-18-19-41-75-59(84)33-20-39-70(2)57(82(3)55-37-35-47-25-14-16-27-49(47)63(55)70)31-12-7-6-8-13-32-58(71)83(4)56-38-36-48-26-15-17-28-50(48)64(56)71/h6-17,23-28,31-32,35-38,51-54H,5,18-22,29-30,33-34,39-45H2,1-4H3,(H12-,72,73,74,75,76,77,78,79,80,81,84,85,86,87,88,89,90,91,92)/p+1/t51-,52-,53+,54-,70?,71?/m0/s1. The number of carbonyl (C=O) groups excluding carboxylic acids is 7. The van der Waals surface area contributed by atoms with E-state index in [1.54, 1.807) is 30.3 Å². The van der Waals surface area contributed by atoms with E-state index in [0.29, 0.717) is 57.1 Å². The number of aliphatic imine (C=N–C) groups is 1. The monoisotopic (exact) mass is 1250 g/mol. The molecule has 0 saturated heterocycles. The second kappa shape index (κ2) is 31.7. The molecule has 6 atom stereocenters. The van der Waals surface area contributed by atoms with Gasteiger partial charge in [0.25, 0.3) is 0 Å². The summed E-state index contributed by atoms with van der Waals surface area (Å²) in [5.74, 6) is -6.48. The Kier molecular flexibility index (Phi) is 23.4. The lowest BCUT2D eigenvalue weighted by atomic mass is 9.71. The number of benzene rings is 5. The van der Waals surface area contributed by atoms with Gasteiger partial charge in [0.2, 0.25) is 47.0 Å². The highest BCUT2D eigenvalue weighted by molar-refractivity contribution is 6.08. The Bertz CT molecular complexity index is 3760. The number of nitrogens with two attached hydrogens (primary N) is 3. The van der Waals surface area contributed by atoms with Gasteiger partial charge in [0.15, 0.2) is 11.7 Å². The van der Waals surface area contributed by atoms with Gasteiger partial charge < -0.3 is 59.1 Å².